The number of rotatable bonds is 2. The first-order valence-corrected chi connectivity index (χ1v) is 4.41. The van der Waals surface area contributed by atoms with Gasteiger partial charge in [-0.05, 0) is 24.6 Å². The van der Waals surface area contributed by atoms with E-state index in [1.54, 1.807) is 12.2 Å². The van der Waals surface area contributed by atoms with E-state index in [0.717, 1.165) is 0 Å². The van der Waals surface area contributed by atoms with Gasteiger partial charge in [0.2, 0.25) is 0 Å². The Labute approximate surface area is 83.4 Å². The molecule has 74 valence electrons. The minimum Gasteiger partial charge on any atom is -0.398 e. The monoisotopic (exact) mass is 190 g/mol. The summed E-state index contributed by atoms with van der Waals surface area (Å²) in [7, 11) is 0. The minimum atomic E-state index is -0.348. The number of nitrogens with two attached hydrogens (primary N) is 2. The lowest BCUT2D eigenvalue weighted by atomic mass is 9.99. The van der Waals surface area contributed by atoms with E-state index < -0.39 is 0 Å². The number of hydrogen-bond donors (Lipinski definition) is 2. The lowest BCUT2D eigenvalue weighted by Crippen LogP contribution is -2.28. The number of aliphatic imine (C=N–C) groups is 2. The average molecular weight is 190 g/mol. The molecule has 0 saturated carbocycles. The minimum absolute atomic E-state index is 0.348. The van der Waals surface area contributed by atoms with Crippen LogP contribution in [-0.2, 0) is 0 Å². The van der Waals surface area contributed by atoms with Crippen molar-refractivity contribution < 1.29 is 0 Å². The van der Waals surface area contributed by atoms with Crippen molar-refractivity contribution in [2.24, 2.45) is 21.5 Å². The molecule has 1 aliphatic carbocycles. The maximum absolute atomic E-state index is 5.83. The smallest absolute Gasteiger partial charge is 0.0946 e. The highest BCUT2D eigenvalue weighted by Gasteiger charge is 2.17. The molecule has 0 bridgehead atoms. The summed E-state index contributed by atoms with van der Waals surface area (Å²) in [5.41, 5.74) is 13.4. The second kappa shape index (κ2) is 4.56. The van der Waals surface area contributed by atoms with Crippen LogP contribution >= 0.6 is 0 Å². The van der Waals surface area contributed by atoms with Crippen LogP contribution in [0.15, 0.2) is 45.7 Å². The largest absolute Gasteiger partial charge is 0.398 e. The molecule has 1 aliphatic rings. The fourth-order valence-electron chi connectivity index (χ4n) is 1.01. The molecule has 1 unspecified atom stereocenters. The molecule has 4 N–H and O–H groups in total. The molecule has 0 fully saturated rings. The van der Waals surface area contributed by atoms with E-state index in [0.29, 0.717) is 23.5 Å². The molecular formula is C10H14N4. The van der Waals surface area contributed by atoms with Crippen LogP contribution in [-0.4, -0.2) is 18.6 Å². The Morgan fingerprint density at radius 2 is 2.29 bits per heavy atom. The van der Waals surface area contributed by atoms with Crippen molar-refractivity contribution in [1.29, 1.82) is 0 Å². The highest BCUT2D eigenvalue weighted by atomic mass is 14.9. The van der Waals surface area contributed by atoms with Gasteiger partial charge in [-0.25, -0.2) is 4.99 Å². The molecule has 0 saturated heterocycles. The standard InChI is InChI=1S/C10H14N4/c1-3-13-6-14-9-5-4-8(11)7(2)10(9)12/h4-5,10H,2-3,11-12H2,1H3. The van der Waals surface area contributed by atoms with Gasteiger partial charge < -0.3 is 11.5 Å². The molecule has 14 heavy (non-hydrogen) atoms. The molecule has 0 heterocycles. The molecule has 0 spiro atoms. The van der Waals surface area contributed by atoms with Gasteiger partial charge in [0.15, 0.2) is 0 Å². The Morgan fingerprint density at radius 1 is 1.57 bits per heavy atom. The summed E-state index contributed by atoms with van der Waals surface area (Å²) in [6, 6.07) is 2.21. The molecule has 0 aliphatic heterocycles. The van der Waals surface area contributed by atoms with Gasteiger partial charge >= 0.3 is 0 Å². The molecule has 0 amide bonds. The topological polar surface area (TPSA) is 76.8 Å². The maximum Gasteiger partial charge on any atom is 0.0946 e. The fraction of sp³-hybridized carbons (Fsp3) is 0.300. The predicted octanol–water partition coefficient (Wildman–Crippen LogP) is 0.804. The quantitative estimate of drug-likeness (QED) is 0.632. The van der Waals surface area contributed by atoms with Crippen LogP contribution in [0.2, 0.25) is 0 Å². The van der Waals surface area contributed by atoms with Gasteiger partial charge in [0.25, 0.3) is 0 Å². The molecule has 1 rings (SSSR count). The molecular weight excluding hydrogens is 176 g/mol. The number of nitrogens with zero attached hydrogens (tertiary/aromatic N) is 2. The summed E-state index contributed by atoms with van der Waals surface area (Å²) in [5.74, 6) is 0. The van der Waals surface area contributed by atoms with Gasteiger partial charge in [0.05, 0.1) is 17.7 Å². The summed E-state index contributed by atoms with van der Waals surface area (Å²) in [6.45, 7) is 6.35. The van der Waals surface area contributed by atoms with Gasteiger partial charge in [-0.2, -0.15) is 4.99 Å². The summed E-state index contributed by atoms with van der Waals surface area (Å²) >= 11 is 0. The van der Waals surface area contributed by atoms with Gasteiger partial charge in [0, 0.05) is 12.2 Å². The molecule has 0 aromatic carbocycles. The second-order valence-electron chi connectivity index (χ2n) is 2.90. The predicted molar refractivity (Wildman–Crippen MR) is 57.9 cm³/mol. The second-order valence-corrected chi connectivity index (χ2v) is 2.90. The van der Waals surface area contributed by atoms with E-state index in [-0.39, 0.29) is 6.04 Å². The first-order chi connectivity index (χ1) is 6.66. The molecule has 4 nitrogen and oxygen atoms in total. The van der Waals surface area contributed by atoms with Crippen LogP contribution in [0.25, 0.3) is 0 Å². The van der Waals surface area contributed by atoms with Crippen molar-refractivity contribution in [3.63, 3.8) is 0 Å². The molecule has 0 aromatic heterocycles. The average Bonchev–Trinajstić information content (AvgIpc) is 2.18. The van der Waals surface area contributed by atoms with Gasteiger partial charge in [-0.1, -0.05) is 6.58 Å². The first-order valence-electron chi connectivity index (χ1n) is 4.41. The van der Waals surface area contributed by atoms with E-state index in [1.807, 2.05) is 6.92 Å². The molecule has 0 radical (unpaired) electrons. The van der Waals surface area contributed by atoms with Crippen LogP contribution in [0.4, 0.5) is 0 Å². The Kier molecular flexibility index (Phi) is 3.40. The van der Waals surface area contributed by atoms with Crippen LogP contribution < -0.4 is 11.5 Å². The fourth-order valence-corrected chi connectivity index (χ4v) is 1.01. The zero-order chi connectivity index (χ0) is 10.6. The third-order valence-corrected chi connectivity index (χ3v) is 1.91. The summed E-state index contributed by atoms with van der Waals surface area (Å²) in [6.07, 6.45) is 3.49. The Hall–Kier alpha value is -1.64. The zero-order valence-corrected chi connectivity index (χ0v) is 8.20. The lowest BCUT2D eigenvalue weighted by molar-refractivity contribution is 0.868. The lowest BCUT2D eigenvalue weighted by Gasteiger charge is -2.18. The van der Waals surface area contributed by atoms with Crippen molar-refractivity contribution in [3.8, 4) is 0 Å². The maximum atomic E-state index is 5.83. The van der Waals surface area contributed by atoms with Crippen molar-refractivity contribution in [1.82, 2.24) is 0 Å². The van der Waals surface area contributed by atoms with Crippen molar-refractivity contribution >= 4 is 6.01 Å². The SMILES string of the molecule is C=C1C(N)=CC=C(N=C=NCC)C1N. The van der Waals surface area contributed by atoms with Crippen LogP contribution in [0.3, 0.4) is 0 Å². The third kappa shape index (κ3) is 2.19. The van der Waals surface area contributed by atoms with Crippen molar-refractivity contribution in [2.45, 2.75) is 13.0 Å². The zero-order valence-electron chi connectivity index (χ0n) is 8.20. The Bertz CT molecular complexity index is 356. The number of hydrogen-bond acceptors (Lipinski definition) is 4. The highest BCUT2D eigenvalue weighted by molar-refractivity contribution is 5.50. The van der Waals surface area contributed by atoms with E-state index in [4.69, 9.17) is 11.5 Å². The van der Waals surface area contributed by atoms with Gasteiger partial charge in [-0.3, -0.25) is 0 Å². The van der Waals surface area contributed by atoms with Crippen LogP contribution in [0, 0.1) is 0 Å². The Morgan fingerprint density at radius 3 is 2.93 bits per heavy atom. The van der Waals surface area contributed by atoms with Gasteiger partial charge in [0.1, 0.15) is 0 Å². The number of allylic oxidation sites excluding steroid dienone is 2. The van der Waals surface area contributed by atoms with E-state index in [2.05, 4.69) is 22.6 Å². The van der Waals surface area contributed by atoms with Gasteiger partial charge in [-0.15, -0.1) is 0 Å². The van der Waals surface area contributed by atoms with Crippen molar-refractivity contribution in [2.75, 3.05) is 6.54 Å². The van der Waals surface area contributed by atoms with E-state index in [9.17, 15) is 0 Å². The third-order valence-electron chi connectivity index (χ3n) is 1.91. The van der Waals surface area contributed by atoms with E-state index >= 15 is 0 Å². The van der Waals surface area contributed by atoms with Crippen LogP contribution in [0.5, 0.6) is 0 Å². The summed E-state index contributed by atoms with van der Waals surface area (Å²) < 4.78 is 0. The van der Waals surface area contributed by atoms with Crippen molar-refractivity contribution in [3.05, 3.63) is 35.7 Å². The molecule has 4 heteroatoms. The first kappa shape index (κ1) is 10.4. The summed E-state index contributed by atoms with van der Waals surface area (Å²) in [5, 5.41) is 0. The summed E-state index contributed by atoms with van der Waals surface area (Å²) in [4.78, 5) is 7.85. The normalized spacial score (nSPS) is 20.7. The van der Waals surface area contributed by atoms with Crippen LogP contribution in [0.1, 0.15) is 6.92 Å². The van der Waals surface area contributed by atoms with E-state index in [1.165, 1.54) is 0 Å². The molecule has 1 atom stereocenters. The Balaban J connectivity index is 2.90. The molecule has 0 aromatic rings. The highest BCUT2D eigenvalue weighted by Crippen LogP contribution is 2.19.